The third-order valence-corrected chi connectivity index (χ3v) is 3.68. The van der Waals surface area contributed by atoms with E-state index in [-0.39, 0.29) is 6.04 Å². The van der Waals surface area contributed by atoms with Crippen LogP contribution in [-0.4, -0.2) is 9.55 Å². The molecule has 0 aliphatic carbocycles. The highest BCUT2D eigenvalue weighted by Gasteiger charge is 2.17. The number of nitrogens with zero attached hydrogens (tertiary/aromatic N) is 1. The topological polar surface area (TPSA) is 54.9 Å². The van der Waals surface area contributed by atoms with Crippen LogP contribution in [-0.2, 0) is 0 Å². The molecule has 1 N–H and O–H groups in total. The number of H-pyrrole nitrogens is 1. The third kappa shape index (κ3) is 2.87. The van der Waals surface area contributed by atoms with Crippen molar-refractivity contribution in [2.24, 2.45) is 0 Å². The molecular weight excluding hydrogens is 300 g/mol. The maximum Gasteiger partial charge on any atom is 0.329 e. The Morgan fingerprint density at radius 1 is 0.864 bits per heavy atom. The zero-order chi connectivity index (χ0) is 15.5. The van der Waals surface area contributed by atoms with Crippen molar-refractivity contribution in [3.8, 4) is 0 Å². The van der Waals surface area contributed by atoms with E-state index >= 15 is 0 Å². The van der Waals surface area contributed by atoms with Gasteiger partial charge in [-0.2, -0.15) is 0 Å². The van der Waals surface area contributed by atoms with Gasteiger partial charge in [0.2, 0.25) is 0 Å². The van der Waals surface area contributed by atoms with Crippen LogP contribution in [0.1, 0.15) is 17.2 Å². The number of halogens is 1. The van der Waals surface area contributed by atoms with E-state index in [1.54, 1.807) is 12.1 Å². The van der Waals surface area contributed by atoms with E-state index in [0.717, 1.165) is 11.1 Å². The highest BCUT2D eigenvalue weighted by molar-refractivity contribution is 6.30. The van der Waals surface area contributed by atoms with Crippen LogP contribution >= 0.6 is 11.6 Å². The Labute approximate surface area is 131 Å². The first-order valence-corrected chi connectivity index (χ1v) is 7.15. The Morgan fingerprint density at radius 2 is 1.50 bits per heavy atom. The first-order valence-electron chi connectivity index (χ1n) is 6.77. The average Bonchev–Trinajstić information content (AvgIpc) is 2.52. The molecule has 2 aromatic carbocycles. The summed E-state index contributed by atoms with van der Waals surface area (Å²) in [7, 11) is 0. The van der Waals surface area contributed by atoms with Crippen molar-refractivity contribution in [1.29, 1.82) is 0 Å². The van der Waals surface area contributed by atoms with Gasteiger partial charge in [-0.1, -0.05) is 54.1 Å². The van der Waals surface area contributed by atoms with Gasteiger partial charge in [0, 0.05) is 17.3 Å². The van der Waals surface area contributed by atoms with Gasteiger partial charge in [0.15, 0.2) is 0 Å². The lowest BCUT2D eigenvalue weighted by Crippen LogP contribution is -2.32. The summed E-state index contributed by atoms with van der Waals surface area (Å²) in [4.78, 5) is 25.8. The van der Waals surface area contributed by atoms with E-state index in [2.05, 4.69) is 4.98 Å². The fourth-order valence-electron chi connectivity index (χ4n) is 2.42. The molecule has 0 aliphatic heterocycles. The Morgan fingerprint density at radius 3 is 2.14 bits per heavy atom. The fraction of sp³-hybridized carbons (Fsp3) is 0.0588. The molecular formula is C17H13ClN2O2. The molecule has 0 aliphatic rings. The van der Waals surface area contributed by atoms with Gasteiger partial charge in [0.1, 0.15) is 0 Å². The molecule has 3 rings (SSSR count). The van der Waals surface area contributed by atoms with Gasteiger partial charge in [-0.15, -0.1) is 0 Å². The second kappa shape index (κ2) is 6.03. The summed E-state index contributed by atoms with van der Waals surface area (Å²) in [5.41, 5.74) is 0.990. The molecule has 3 aromatic rings. The van der Waals surface area contributed by atoms with E-state index in [9.17, 15) is 9.59 Å². The molecule has 4 nitrogen and oxygen atoms in total. The van der Waals surface area contributed by atoms with E-state index in [4.69, 9.17) is 11.6 Å². The molecule has 22 heavy (non-hydrogen) atoms. The second-order valence-electron chi connectivity index (χ2n) is 4.88. The van der Waals surface area contributed by atoms with E-state index in [1.165, 1.54) is 16.8 Å². The van der Waals surface area contributed by atoms with Crippen LogP contribution in [0.3, 0.4) is 0 Å². The molecule has 110 valence electrons. The maximum absolute atomic E-state index is 12.2. The van der Waals surface area contributed by atoms with Crippen molar-refractivity contribution in [1.82, 2.24) is 9.55 Å². The smallest absolute Gasteiger partial charge is 0.289 e. The van der Waals surface area contributed by atoms with Crippen LogP contribution in [0.4, 0.5) is 0 Å². The normalized spacial score (nSPS) is 12.0. The summed E-state index contributed by atoms with van der Waals surface area (Å²) in [6, 6.07) is 17.9. The van der Waals surface area contributed by atoms with Crippen LogP contribution < -0.4 is 11.2 Å². The molecule has 1 unspecified atom stereocenters. The number of benzene rings is 2. The summed E-state index contributed by atoms with van der Waals surface area (Å²) in [6.45, 7) is 0. The molecule has 1 heterocycles. The Kier molecular flexibility index (Phi) is 3.94. The van der Waals surface area contributed by atoms with Gasteiger partial charge in [-0.3, -0.25) is 14.3 Å². The molecule has 0 saturated heterocycles. The fourth-order valence-corrected chi connectivity index (χ4v) is 2.55. The highest BCUT2D eigenvalue weighted by atomic mass is 35.5. The lowest BCUT2D eigenvalue weighted by atomic mass is 9.98. The minimum atomic E-state index is -0.448. The number of aromatic nitrogens is 2. The molecule has 0 saturated carbocycles. The predicted molar refractivity (Wildman–Crippen MR) is 86.5 cm³/mol. The summed E-state index contributed by atoms with van der Waals surface area (Å²) in [5, 5.41) is 0.629. The van der Waals surface area contributed by atoms with Crippen molar-refractivity contribution >= 4 is 11.6 Å². The van der Waals surface area contributed by atoms with Crippen molar-refractivity contribution < 1.29 is 0 Å². The first-order chi connectivity index (χ1) is 10.6. The van der Waals surface area contributed by atoms with Crippen molar-refractivity contribution in [3.63, 3.8) is 0 Å². The second-order valence-corrected chi connectivity index (χ2v) is 5.32. The van der Waals surface area contributed by atoms with E-state index < -0.39 is 11.2 Å². The monoisotopic (exact) mass is 312 g/mol. The average molecular weight is 313 g/mol. The zero-order valence-electron chi connectivity index (χ0n) is 11.6. The highest BCUT2D eigenvalue weighted by Crippen LogP contribution is 2.26. The lowest BCUT2D eigenvalue weighted by Gasteiger charge is -2.20. The van der Waals surface area contributed by atoms with Gasteiger partial charge >= 0.3 is 5.69 Å². The molecule has 0 bridgehead atoms. The quantitative estimate of drug-likeness (QED) is 0.808. The summed E-state index contributed by atoms with van der Waals surface area (Å²) in [5.74, 6) is 0. The Bertz CT molecular complexity index is 883. The minimum Gasteiger partial charge on any atom is -0.289 e. The van der Waals surface area contributed by atoms with E-state index in [1.807, 2.05) is 42.5 Å². The summed E-state index contributed by atoms with van der Waals surface area (Å²) >= 11 is 5.94. The van der Waals surface area contributed by atoms with E-state index in [0.29, 0.717) is 5.02 Å². The van der Waals surface area contributed by atoms with Crippen molar-refractivity contribution in [2.45, 2.75) is 6.04 Å². The predicted octanol–water partition coefficient (Wildman–Crippen LogP) is 2.83. The largest absolute Gasteiger partial charge is 0.329 e. The van der Waals surface area contributed by atoms with Crippen LogP contribution in [0.25, 0.3) is 0 Å². The number of hydrogen-bond donors (Lipinski definition) is 1. The molecule has 0 fully saturated rings. The van der Waals surface area contributed by atoms with Gasteiger partial charge < -0.3 is 0 Å². The number of hydrogen-bond acceptors (Lipinski definition) is 2. The Balaban J connectivity index is 2.21. The van der Waals surface area contributed by atoms with Crippen LogP contribution in [0.2, 0.25) is 5.02 Å². The summed E-state index contributed by atoms with van der Waals surface area (Å²) < 4.78 is 1.50. The molecule has 1 aromatic heterocycles. The van der Waals surface area contributed by atoms with Gasteiger partial charge in [-0.05, 0) is 23.3 Å². The van der Waals surface area contributed by atoms with Gasteiger partial charge in [0.05, 0.1) is 6.04 Å². The Hall–Kier alpha value is -2.59. The SMILES string of the molecule is O=c1ccn(C(c2ccccc2)c2ccc(Cl)cc2)c(=O)[nH]1. The molecule has 0 radical (unpaired) electrons. The minimum absolute atomic E-state index is 0.331. The number of rotatable bonds is 3. The number of aromatic amines is 1. The lowest BCUT2D eigenvalue weighted by molar-refractivity contribution is 0.627. The van der Waals surface area contributed by atoms with Crippen LogP contribution in [0, 0.1) is 0 Å². The van der Waals surface area contributed by atoms with Gasteiger partial charge in [-0.25, -0.2) is 4.79 Å². The van der Waals surface area contributed by atoms with Gasteiger partial charge in [0.25, 0.3) is 5.56 Å². The molecule has 0 amide bonds. The van der Waals surface area contributed by atoms with Crippen molar-refractivity contribution in [3.05, 3.63) is 104 Å². The maximum atomic E-state index is 12.2. The zero-order valence-corrected chi connectivity index (χ0v) is 12.3. The van der Waals surface area contributed by atoms with Crippen LogP contribution in [0.15, 0.2) is 76.4 Å². The standard InChI is InChI=1S/C17H13ClN2O2/c18-14-8-6-13(7-9-14)16(12-4-2-1-3-5-12)20-11-10-15(21)19-17(20)22/h1-11,16H,(H,19,21,22). The van der Waals surface area contributed by atoms with Crippen LogP contribution in [0.5, 0.6) is 0 Å². The number of nitrogens with one attached hydrogen (secondary N) is 1. The molecule has 1 atom stereocenters. The third-order valence-electron chi connectivity index (χ3n) is 3.43. The molecule has 5 heteroatoms. The van der Waals surface area contributed by atoms with Crippen molar-refractivity contribution in [2.75, 3.05) is 0 Å². The molecule has 0 spiro atoms. The summed E-state index contributed by atoms with van der Waals surface area (Å²) in [6.07, 6.45) is 1.51. The first kappa shape index (κ1) is 14.4.